The zero-order valence-corrected chi connectivity index (χ0v) is 71.3. The standard InChI is InChI=1S/C62H41NS.C61H39NS/c1-40-15-5-13-25-59(40)63(46-32-27-42(28-33-46)41-16-3-2-4-17-41)47-34-29-43(30-35-47)45-37-53(61-54(38-45)52-21-9-14-26-60(52)64-61)44-31-36-51-50-20-8-12-24-57(50)62(58(51)39-44)55-22-10-6-18-48(55)49-19-7-11-23-56(49)62;1-3-15-40(16-4-1)41-27-32-46(33-28-41)62(45-17-5-2-6-18-45)47-34-29-42(30-35-47)44-37-53(60-54(38-44)52-22-10-14-26-59(52)63-60)43-31-36-51-50-21-9-13-25-57(50)61(58(51)39-43)55-23-11-7-19-48(55)49-20-8-12-24-56(49)61/h2-39H,1H3;1-39H. The fraction of sp³-hybridized carbons (Fsp3) is 0.0244. The zero-order valence-electron chi connectivity index (χ0n) is 69.7. The second-order valence-corrected chi connectivity index (χ2v) is 36.1. The maximum Gasteiger partial charge on any atom is 0.0725 e. The van der Waals surface area contributed by atoms with E-state index < -0.39 is 10.8 Å². The van der Waals surface area contributed by atoms with Gasteiger partial charge in [0.15, 0.2) is 0 Å². The summed E-state index contributed by atoms with van der Waals surface area (Å²) in [7, 11) is 0. The molecule has 0 saturated heterocycles. The van der Waals surface area contributed by atoms with Crippen LogP contribution in [0.5, 0.6) is 0 Å². The Hall–Kier alpha value is -15.6. The molecular formula is C123H80N2S2. The summed E-state index contributed by atoms with van der Waals surface area (Å²) < 4.78 is 5.26. The smallest absolute Gasteiger partial charge is 0.0725 e. The monoisotopic (exact) mass is 1650 g/mol. The molecular weight excluding hydrogens is 1570 g/mol. The van der Waals surface area contributed by atoms with Crippen molar-refractivity contribution in [3.8, 4) is 111 Å². The average Bonchev–Trinajstić information content (AvgIpc) is 1.51. The van der Waals surface area contributed by atoms with Crippen LogP contribution in [0.4, 0.5) is 34.1 Å². The number of rotatable bonds is 12. The number of para-hydroxylation sites is 2. The van der Waals surface area contributed by atoms with E-state index in [2.05, 4.69) is 484 Å². The van der Waals surface area contributed by atoms with E-state index in [1.807, 2.05) is 22.7 Å². The van der Waals surface area contributed by atoms with E-state index in [-0.39, 0.29) is 0 Å². The number of benzene rings is 20. The van der Waals surface area contributed by atoms with E-state index in [4.69, 9.17) is 0 Å². The summed E-state index contributed by atoms with van der Waals surface area (Å²) in [5.74, 6) is 0. The third-order valence-corrected chi connectivity index (χ3v) is 29.8. The molecule has 0 saturated carbocycles. The van der Waals surface area contributed by atoms with Gasteiger partial charge in [0.25, 0.3) is 0 Å². The van der Waals surface area contributed by atoms with Gasteiger partial charge < -0.3 is 9.80 Å². The molecule has 0 bridgehead atoms. The summed E-state index contributed by atoms with van der Waals surface area (Å²) in [6.07, 6.45) is 0. The number of thiophene rings is 2. The first kappa shape index (κ1) is 74.1. The Morgan fingerprint density at radius 1 is 0.173 bits per heavy atom. The van der Waals surface area contributed by atoms with E-state index >= 15 is 0 Å². The van der Waals surface area contributed by atoms with Gasteiger partial charge in [-0.25, -0.2) is 0 Å². The Balaban J connectivity index is 0.000000138. The van der Waals surface area contributed by atoms with Gasteiger partial charge >= 0.3 is 0 Å². The van der Waals surface area contributed by atoms with Crippen molar-refractivity contribution in [2.75, 3.05) is 9.80 Å². The third-order valence-electron chi connectivity index (χ3n) is 27.3. The van der Waals surface area contributed by atoms with Gasteiger partial charge in [0.2, 0.25) is 0 Å². The predicted octanol–water partition coefficient (Wildman–Crippen LogP) is 34.0. The fourth-order valence-electron chi connectivity index (χ4n) is 21.7. The lowest BCUT2D eigenvalue weighted by Crippen LogP contribution is -2.25. The highest BCUT2D eigenvalue weighted by Gasteiger charge is 2.53. The summed E-state index contributed by atoms with van der Waals surface area (Å²) >= 11 is 3.81. The van der Waals surface area contributed by atoms with Gasteiger partial charge in [-0.3, -0.25) is 0 Å². The van der Waals surface area contributed by atoms with Crippen LogP contribution in [0.1, 0.15) is 50.1 Å². The highest BCUT2D eigenvalue weighted by atomic mass is 32.1. The van der Waals surface area contributed by atoms with Gasteiger partial charge in [-0.2, -0.15) is 0 Å². The van der Waals surface area contributed by atoms with Crippen molar-refractivity contribution in [3.05, 3.63) is 517 Å². The first-order valence-corrected chi connectivity index (χ1v) is 45.5. The minimum absolute atomic E-state index is 0.395. The zero-order chi connectivity index (χ0) is 83.8. The SMILES string of the molecule is Cc1ccccc1N(c1ccc(-c2ccccc2)cc1)c1ccc(-c2cc(-c3ccc4c(c3)C3(c5ccccc5-c5ccccc53)c3ccccc3-4)c3sc4ccccc4c3c2)cc1.c1ccc(-c2ccc(N(c3ccccc3)c3ccc(-c4cc(-c5ccc6c(c5)C5(c7ccccc7-c7ccccc75)c5ccccc5-6)c5sc6ccccc6c5c4)cc3)cc2)cc1. The van der Waals surface area contributed by atoms with Crippen molar-refractivity contribution < 1.29 is 0 Å². The first-order valence-electron chi connectivity index (χ1n) is 43.9. The van der Waals surface area contributed by atoms with Crippen LogP contribution in [0.15, 0.2) is 467 Å². The summed E-state index contributed by atoms with van der Waals surface area (Å²) in [6, 6.07) is 173. The van der Waals surface area contributed by atoms with Gasteiger partial charge in [-0.15, -0.1) is 22.7 Å². The van der Waals surface area contributed by atoms with E-state index in [9.17, 15) is 0 Å². The molecule has 0 fully saturated rings. The molecule has 594 valence electrons. The molecule has 4 heteroatoms. The molecule has 2 spiro atoms. The summed E-state index contributed by atoms with van der Waals surface area (Å²) in [5.41, 5.74) is 43.4. The normalized spacial score (nSPS) is 12.9. The average molecular weight is 1650 g/mol. The van der Waals surface area contributed by atoms with Crippen LogP contribution < -0.4 is 9.80 Å². The molecule has 4 aliphatic rings. The molecule has 0 unspecified atom stereocenters. The van der Waals surface area contributed by atoms with Crippen LogP contribution >= 0.6 is 22.7 Å². The Morgan fingerprint density at radius 2 is 0.441 bits per heavy atom. The van der Waals surface area contributed by atoms with Crippen molar-refractivity contribution in [3.63, 3.8) is 0 Å². The lowest BCUT2D eigenvalue weighted by atomic mass is 9.70. The Bertz CT molecular complexity index is 8000. The van der Waals surface area contributed by atoms with Crippen molar-refractivity contribution in [2.45, 2.75) is 17.8 Å². The van der Waals surface area contributed by atoms with Crippen molar-refractivity contribution in [1.82, 2.24) is 0 Å². The molecule has 22 aromatic rings. The van der Waals surface area contributed by atoms with Crippen LogP contribution in [0, 0.1) is 6.92 Å². The van der Waals surface area contributed by atoms with Gasteiger partial charge in [-0.1, -0.05) is 352 Å². The number of hydrogen-bond acceptors (Lipinski definition) is 4. The molecule has 26 rings (SSSR count). The number of hydrogen-bond donors (Lipinski definition) is 0. The molecule has 2 aromatic heterocycles. The molecule has 0 amide bonds. The van der Waals surface area contributed by atoms with Crippen LogP contribution in [0.2, 0.25) is 0 Å². The molecule has 0 aliphatic heterocycles. The van der Waals surface area contributed by atoms with Gasteiger partial charge in [-0.05, 0) is 272 Å². The van der Waals surface area contributed by atoms with E-state index in [0.717, 1.165) is 28.4 Å². The molecule has 0 N–H and O–H groups in total. The lowest BCUT2D eigenvalue weighted by Gasteiger charge is -2.30. The predicted molar refractivity (Wildman–Crippen MR) is 538 cm³/mol. The van der Waals surface area contributed by atoms with E-state index in [0.29, 0.717) is 0 Å². The van der Waals surface area contributed by atoms with Crippen molar-refractivity contribution in [2.24, 2.45) is 0 Å². The number of nitrogens with zero attached hydrogens (tertiary/aromatic N) is 2. The van der Waals surface area contributed by atoms with Gasteiger partial charge in [0.05, 0.1) is 10.8 Å². The lowest BCUT2D eigenvalue weighted by molar-refractivity contribution is 0.794. The highest BCUT2D eigenvalue weighted by molar-refractivity contribution is 7.26. The summed E-state index contributed by atoms with van der Waals surface area (Å²) in [6.45, 7) is 2.20. The van der Waals surface area contributed by atoms with Crippen molar-refractivity contribution >= 4 is 97.1 Å². The Labute approximate surface area is 747 Å². The first-order chi connectivity index (χ1) is 62.9. The number of fused-ring (bicyclic) bond motifs is 26. The highest BCUT2D eigenvalue weighted by Crippen LogP contribution is 2.66. The van der Waals surface area contributed by atoms with Gasteiger partial charge in [0.1, 0.15) is 0 Å². The molecule has 0 atom stereocenters. The Kier molecular flexibility index (Phi) is 17.4. The van der Waals surface area contributed by atoms with Crippen LogP contribution in [-0.2, 0) is 10.8 Å². The second-order valence-electron chi connectivity index (χ2n) is 34.0. The second kappa shape index (κ2) is 29.9. The molecule has 20 aromatic carbocycles. The largest absolute Gasteiger partial charge is 0.311 e. The van der Waals surface area contributed by atoms with Crippen LogP contribution in [0.25, 0.3) is 152 Å². The summed E-state index contributed by atoms with van der Waals surface area (Å²) in [4.78, 5) is 4.73. The van der Waals surface area contributed by atoms with Crippen molar-refractivity contribution in [1.29, 1.82) is 0 Å². The topological polar surface area (TPSA) is 6.48 Å². The molecule has 2 nitrogen and oxygen atoms in total. The van der Waals surface area contributed by atoms with E-state index in [1.54, 1.807) is 0 Å². The van der Waals surface area contributed by atoms with E-state index in [1.165, 1.54) is 207 Å². The minimum Gasteiger partial charge on any atom is -0.311 e. The molecule has 0 radical (unpaired) electrons. The maximum atomic E-state index is 2.53. The number of aryl methyl sites for hydroxylation is 1. The molecule has 4 aliphatic carbocycles. The van der Waals surface area contributed by atoms with Crippen LogP contribution in [-0.4, -0.2) is 0 Å². The quantitative estimate of drug-likeness (QED) is 0.120. The van der Waals surface area contributed by atoms with Crippen LogP contribution in [0.3, 0.4) is 0 Å². The Morgan fingerprint density at radius 3 is 0.803 bits per heavy atom. The molecule has 127 heavy (non-hydrogen) atoms. The third kappa shape index (κ3) is 11.7. The minimum atomic E-state index is -0.396. The number of anilines is 6. The summed E-state index contributed by atoms with van der Waals surface area (Å²) in [5, 5.41) is 5.20. The molecule has 2 heterocycles. The maximum absolute atomic E-state index is 2.53. The fourth-order valence-corrected chi connectivity index (χ4v) is 24.1. The van der Waals surface area contributed by atoms with Gasteiger partial charge in [0, 0.05) is 85.6 Å².